The lowest BCUT2D eigenvalue weighted by Crippen LogP contribution is -2.54. The minimum absolute atomic E-state index is 0.0501. The second-order valence-corrected chi connectivity index (χ2v) is 7.43. The van der Waals surface area contributed by atoms with Crippen LogP contribution < -0.4 is 9.47 Å². The lowest BCUT2D eigenvalue weighted by Gasteiger charge is -2.26. The number of allylic oxidation sites excluding steroid dienone is 3. The molecule has 1 aliphatic carbocycles. The van der Waals surface area contributed by atoms with Gasteiger partial charge in [0, 0.05) is 25.7 Å². The highest BCUT2D eigenvalue weighted by atomic mass is 16.7. The SMILES string of the molecule is COCCCN1C(=O)C2C=CC=CC2=[N+](Cc2nc(-c3ccc4c(c3)OCO4)no2)C1=O. The molecule has 1 unspecified atom stereocenters. The molecule has 164 valence electrons. The Bertz CT molecular complexity index is 1160. The number of rotatable bonds is 7. The number of methoxy groups -OCH3 is 1. The Morgan fingerprint density at radius 3 is 2.97 bits per heavy atom. The van der Waals surface area contributed by atoms with Gasteiger partial charge in [0.25, 0.3) is 5.89 Å². The van der Waals surface area contributed by atoms with E-state index in [-0.39, 0.29) is 31.7 Å². The molecule has 0 radical (unpaired) electrons. The molecule has 2 aromatic rings. The van der Waals surface area contributed by atoms with E-state index in [1.54, 1.807) is 43.5 Å². The van der Waals surface area contributed by atoms with Crippen LogP contribution in [0.15, 0.2) is 47.0 Å². The zero-order chi connectivity index (χ0) is 22.1. The molecule has 0 bridgehead atoms. The standard InChI is InChI=1S/C22H21N4O6/c1-29-10-4-9-25-21(27)15-5-2-3-6-16(15)26(22(25)28)12-19-23-20(24-32-19)14-7-8-17-18(11-14)31-13-30-17/h2-3,5-8,11,15H,4,9-10,12-13H2,1H3/q+1. The van der Waals surface area contributed by atoms with E-state index in [4.69, 9.17) is 18.7 Å². The van der Waals surface area contributed by atoms with Crippen molar-refractivity contribution in [3.63, 3.8) is 0 Å². The van der Waals surface area contributed by atoms with Crippen LogP contribution in [0.2, 0.25) is 0 Å². The Balaban J connectivity index is 1.42. The van der Waals surface area contributed by atoms with Gasteiger partial charge in [0.2, 0.25) is 12.6 Å². The molecule has 0 spiro atoms. The monoisotopic (exact) mass is 437 g/mol. The van der Waals surface area contributed by atoms with Gasteiger partial charge in [-0.05, 0) is 24.3 Å². The molecule has 3 aliphatic rings. The number of benzene rings is 1. The Morgan fingerprint density at radius 1 is 1.22 bits per heavy atom. The van der Waals surface area contributed by atoms with Gasteiger partial charge in [-0.2, -0.15) is 19.3 Å². The van der Waals surface area contributed by atoms with Crippen molar-refractivity contribution in [2.45, 2.75) is 13.0 Å². The van der Waals surface area contributed by atoms with Crippen LogP contribution in [-0.2, 0) is 16.1 Å². The van der Waals surface area contributed by atoms with E-state index >= 15 is 0 Å². The van der Waals surface area contributed by atoms with E-state index in [2.05, 4.69) is 10.1 Å². The van der Waals surface area contributed by atoms with E-state index in [0.29, 0.717) is 41.6 Å². The Kier molecular flexibility index (Phi) is 5.28. The number of ether oxygens (including phenoxy) is 3. The van der Waals surface area contributed by atoms with Crippen molar-refractivity contribution in [3.05, 3.63) is 48.4 Å². The van der Waals surface area contributed by atoms with Crippen LogP contribution in [-0.4, -0.2) is 64.3 Å². The quantitative estimate of drug-likeness (QED) is 0.479. The molecule has 0 saturated heterocycles. The smallest absolute Gasteiger partial charge is 0.454 e. The maximum atomic E-state index is 13.2. The zero-order valence-electron chi connectivity index (χ0n) is 17.4. The number of hydrogen-bond acceptors (Lipinski definition) is 8. The first kappa shape index (κ1) is 20.1. The minimum atomic E-state index is -0.531. The van der Waals surface area contributed by atoms with Gasteiger partial charge in [-0.3, -0.25) is 0 Å². The number of carbonyl (C=O) groups excluding carboxylic acids is 2. The molecule has 1 atom stereocenters. The van der Waals surface area contributed by atoms with Gasteiger partial charge in [-0.1, -0.05) is 23.4 Å². The number of amides is 3. The van der Waals surface area contributed by atoms with Crippen molar-refractivity contribution in [1.82, 2.24) is 15.0 Å². The summed E-state index contributed by atoms with van der Waals surface area (Å²) in [5.74, 6) is 1.13. The molecule has 0 N–H and O–H groups in total. The summed E-state index contributed by atoms with van der Waals surface area (Å²) in [4.78, 5) is 31.8. The third-order valence-corrected chi connectivity index (χ3v) is 5.43. The van der Waals surface area contributed by atoms with Gasteiger partial charge in [-0.15, -0.1) is 0 Å². The lowest BCUT2D eigenvalue weighted by molar-refractivity contribution is -0.460. The van der Waals surface area contributed by atoms with Gasteiger partial charge in [0.1, 0.15) is 11.6 Å². The summed E-state index contributed by atoms with van der Waals surface area (Å²) in [7, 11) is 1.58. The topological polar surface area (TPSA) is 107 Å². The van der Waals surface area contributed by atoms with Crippen molar-refractivity contribution in [1.29, 1.82) is 0 Å². The van der Waals surface area contributed by atoms with Crippen LogP contribution in [0.3, 0.4) is 0 Å². The van der Waals surface area contributed by atoms with Gasteiger partial charge >= 0.3 is 11.9 Å². The summed E-state index contributed by atoms with van der Waals surface area (Å²) >= 11 is 0. The Labute approximate surface area is 183 Å². The second kappa shape index (κ2) is 8.39. The van der Waals surface area contributed by atoms with Gasteiger partial charge in [0.05, 0.1) is 6.54 Å². The van der Waals surface area contributed by atoms with E-state index in [1.807, 2.05) is 6.07 Å². The average molecular weight is 437 g/mol. The van der Waals surface area contributed by atoms with Crippen molar-refractivity contribution < 1.29 is 32.9 Å². The third-order valence-electron chi connectivity index (χ3n) is 5.43. The first-order valence-corrected chi connectivity index (χ1v) is 10.2. The highest BCUT2D eigenvalue weighted by Crippen LogP contribution is 2.35. The van der Waals surface area contributed by atoms with Gasteiger partial charge in [-0.25, -0.2) is 4.79 Å². The fraction of sp³-hybridized carbons (Fsp3) is 0.318. The predicted molar refractivity (Wildman–Crippen MR) is 110 cm³/mol. The summed E-state index contributed by atoms with van der Waals surface area (Å²) in [6.07, 6.45) is 7.70. The maximum absolute atomic E-state index is 13.2. The molecule has 3 heterocycles. The Morgan fingerprint density at radius 2 is 2.09 bits per heavy atom. The number of carbonyl (C=O) groups is 2. The number of imide groups is 1. The molecule has 3 amide bonds. The largest absolute Gasteiger partial charge is 0.501 e. The van der Waals surface area contributed by atoms with Crippen molar-refractivity contribution in [2.75, 3.05) is 27.1 Å². The maximum Gasteiger partial charge on any atom is 0.501 e. The molecule has 32 heavy (non-hydrogen) atoms. The average Bonchev–Trinajstić information content (AvgIpc) is 3.48. The van der Waals surface area contributed by atoms with Crippen molar-refractivity contribution in [3.8, 4) is 22.9 Å². The van der Waals surface area contributed by atoms with E-state index < -0.39 is 11.9 Å². The summed E-state index contributed by atoms with van der Waals surface area (Å²) < 4.78 is 22.7. The summed E-state index contributed by atoms with van der Waals surface area (Å²) in [5, 5.41) is 4.04. The third kappa shape index (κ3) is 3.58. The highest BCUT2D eigenvalue weighted by Gasteiger charge is 2.46. The van der Waals surface area contributed by atoms with Crippen LogP contribution in [0, 0.1) is 5.92 Å². The van der Waals surface area contributed by atoms with Crippen LogP contribution in [0.5, 0.6) is 11.5 Å². The fourth-order valence-electron chi connectivity index (χ4n) is 3.86. The van der Waals surface area contributed by atoms with Crippen molar-refractivity contribution >= 4 is 17.6 Å². The summed E-state index contributed by atoms with van der Waals surface area (Å²) in [6, 6.07) is 4.95. The number of nitrogens with zero attached hydrogens (tertiary/aromatic N) is 4. The number of hydrogen-bond donors (Lipinski definition) is 0. The molecular weight excluding hydrogens is 416 g/mol. The molecule has 1 aromatic carbocycles. The molecule has 1 aromatic heterocycles. The molecule has 5 rings (SSSR count). The van der Waals surface area contributed by atoms with E-state index in [0.717, 1.165) is 0 Å². The molecule has 0 saturated carbocycles. The minimum Gasteiger partial charge on any atom is -0.454 e. The van der Waals surface area contributed by atoms with Crippen LogP contribution >= 0.6 is 0 Å². The predicted octanol–water partition coefficient (Wildman–Crippen LogP) is 2.16. The molecule has 2 aliphatic heterocycles. The Hall–Kier alpha value is -3.79. The first-order chi connectivity index (χ1) is 15.7. The second-order valence-electron chi connectivity index (χ2n) is 7.43. The fourth-order valence-corrected chi connectivity index (χ4v) is 3.86. The highest BCUT2D eigenvalue weighted by molar-refractivity contribution is 6.16. The molecular formula is C22H21N4O6+. The number of aromatic nitrogens is 2. The van der Waals surface area contributed by atoms with Crippen LogP contribution in [0.25, 0.3) is 11.4 Å². The number of urea groups is 1. The zero-order valence-corrected chi connectivity index (χ0v) is 17.4. The van der Waals surface area contributed by atoms with E-state index in [1.165, 1.54) is 9.48 Å². The van der Waals surface area contributed by atoms with E-state index in [9.17, 15) is 9.59 Å². The van der Waals surface area contributed by atoms with Gasteiger partial charge in [0.15, 0.2) is 18.0 Å². The summed E-state index contributed by atoms with van der Waals surface area (Å²) in [6.45, 7) is 0.954. The summed E-state index contributed by atoms with van der Waals surface area (Å²) in [5.41, 5.74) is 1.30. The van der Waals surface area contributed by atoms with Crippen LogP contribution in [0.1, 0.15) is 12.3 Å². The van der Waals surface area contributed by atoms with Gasteiger partial charge < -0.3 is 18.7 Å². The lowest BCUT2D eigenvalue weighted by atomic mass is 9.94. The number of fused-ring (bicyclic) bond motifs is 2. The van der Waals surface area contributed by atoms with Crippen molar-refractivity contribution in [2.24, 2.45) is 5.92 Å². The molecule has 10 heteroatoms. The molecule has 0 fully saturated rings. The first-order valence-electron chi connectivity index (χ1n) is 10.2. The molecule has 10 nitrogen and oxygen atoms in total. The normalized spacial score (nSPS) is 19.2. The van der Waals surface area contributed by atoms with Crippen LogP contribution in [0.4, 0.5) is 4.79 Å².